The van der Waals surface area contributed by atoms with Crippen LogP contribution in [0.4, 0.5) is 4.79 Å². The molecule has 2 rings (SSSR count). The Morgan fingerprint density at radius 1 is 1.42 bits per heavy atom. The number of nitrogens with zero attached hydrogens (tertiary/aromatic N) is 4. The van der Waals surface area contributed by atoms with E-state index in [0.717, 1.165) is 6.54 Å². The minimum atomic E-state index is -0.463. The molecule has 2 aliphatic rings. The van der Waals surface area contributed by atoms with Crippen molar-refractivity contribution in [3.05, 3.63) is 10.4 Å². The SMILES string of the molecule is CC(C)(C)OC(=O)N1CC(CN=[N+]=[N-])C(C2CC2)C1. The van der Waals surface area contributed by atoms with E-state index in [1.807, 2.05) is 20.8 Å². The Morgan fingerprint density at radius 3 is 2.63 bits per heavy atom. The number of amides is 1. The zero-order valence-electron chi connectivity index (χ0n) is 11.9. The van der Waals surface area contributed by atoms with E-state index < -0.39 is 5.60 Å². The quantitative estimate of drug-likeness (QED) is 0.446. The van der Waals surface area contributed by atoms with Crippen LogP contribution in [0.2, 0.25) is 0 Å². The van der Waals surface area contributed by atoms with Gasteiger partial charge in [0.05, 0.1) is 0 Å². The number of likely N-dealkylation sites (tertiary alicyclic amines) is 1. The van der Waals surface area contributed by atoms with Gasteiger partial charge in [0.15, 0.2) is 0 Å². The molecule has 106 valence electrons. The molecule has 0 spiro atoms. The fourth-order valence-corrected chi connectivity index (χ4v) is 2.76. The maximum Gasteiger partial charge on any atom is 0.410 e. The Balaban J connectivity index is 1.96. The number of carbonyl (C=O) groups is 1. The molecule has 1 saturated heterocycles. The Labute approximate surface area is 113 Å². The summed E-state index contributed by atoms with van der Waals surface area (Å²) in [6.45, 7) is 7.49. The van der Waals surface area contributed by atoms with Crippen LogP contribution in [0.15, 0.2) is 5.11 Å². The van der Waals surface area contributed by atoms with Crippen molar-refractivity contribution in [2.24, 2.45) is 22.9 Å². The van der Waals surface area contributed by atoms with Crippen LogP contribution in [0.3, 0.4) is 0 Å². The second-order valence-electron chi connectivity index (χ2n) is 6.56. The number of rotatable bonds is 3. The molecule has 1 heterocycles. The minimum absolute atomic E-state index is 0.249. The van der Waals surface area contributed by atoms with Crippen LogP contribution in [-0.4, -0.2) is 36.2 Å². The first-order valence-electron chi connectivity index (χ1n) is 6.89. The van der Waals surface area contributed by atoms with Gasteiger partial charge in [-0.05, 0) is 56.9 Å². The number of ether oxygens (including phenoxy) is 1. The van der Waals surface area contributed by atoms with Crippen LogP contribution in [0, 0.1) is 17.8 Å². The minimum Gasteiger partial charge on any atom is -0.444 e. The van der Waals surface area contributed by atoms with Crippen molar-refractivity contribution in [1.82, 2.24) is 4.90 Å². The van der Waals surface area contributed by atoms with Gasteiger partial charge in [-0.25, -0.2) is 4.79 Å². The molecule has 2 atom stereocenters. The smallest absolute Gasteiger partial charge is 0.410 e. The van der Waals surface area contributed by atoms with Gasteiger partial charge in [0, 0.05) is 24.5 Å². The standard InChI is InChI=1S/C13H22N4O2/c1-13(2,3)19-12(18)17-7-10(6-15-16-14)11(8-17)9-4-5-9/h9-11H,4-8H2,1-3H3. The second-order valence-corrected chi connectivity index (χ2v) is 6.56. The molecule has 0 N–H and O–H groups in total. The molecule has 0 bridgehead atoms. The van der Waals surface area contributed by atoms with Gasteiger partial charge >= 0.3 is 6.09 Å². The lowest BCUT2D eigenvalue weighted by Crippen LogP contribution is -2.35. The van der Waals surface area contributed by atoms with Crippen molar-refractivity contribution >= 4 is 6.09 Å². The van der Waals surface area contributed by atoms with Gasteiger partial charge in [0.2, 0.25) is 0 Å². The fraction of sp³-hybridized carbons (Fsp3) is 0.923. The third-order valence-corrected chi connectivity index (χ3v) is 3.75. The summed E-state index contributed by atoms with van der Waals surface area (Å²) >= 11 is 0. The third-order valence-electron chi connectivity index (χ3n) is 3.75. The van der Waals surface area contributed by atoms with Crippen LogP contribution < -0.4 is 0 Å². The molecule has 0 aromatic carbocycles. The second kappa shape index (κ2) is 5.29. The normalized spacial score (nSPS) is 27.0. The predicted octanol–water partition coefficient (Wildman–Crippen LogP) is 3.19. The van der Waals surface area contributed by atoms with Crippen molar-refractivity contribution in [2.75, 3.05) is 19.6 Å². The highest BCUT2D eigenvalue weighted by Crippen LogP contribution is 2.44. The lowest BCUT2D eigenvalue weighted by atomic mass is 9.92. The highest BCUT2D eigenvalue weighted by atomic mass is 16.6. The van der Waals surface area contributed by atoms with Gasteiger partial charge in [-0.2, -0.15) is 0 Å². The molecule has 1 amide bonds. The monoisotopic (exact) mass is 266 g/mol. The van der Waals surface area contributed by atoms with Crippen LogP contribution >= 0.6 is 0 Å². The van der Waals surface area contributed by atoms with E-state index in [2.05, 4.69) is 10.0 Å². The Morgan fingerprint density at radius 2 is 2.11 bits per heavy atom. The molecule has 1 aliphatic carbocycles. The largest absolute Gasteiger partial charge is 0.444 e. The molecule has 2 fully saturated rings. The first kappa shape index (κ1) is 14.0. The first-order chi connectivity index (χ1) is 8.90. The number of hydrogen-bond acceptors (Lipinski definition) is 3. The number of hydrogen-bond donors (Lipinski definition) is 0. The maximum absolute atomic E-state index is 12.1. The van der Waals surface area contributed by atoms with Crippen molar-refractivity contribution in [1.29, 1.82) is 0 Å². The van der Waals surface area contributed by atoms with Crippen molar-refractivity contribution in [3.8, 4) is 0 Å². The van der Waals surface area contributed by atoms with Crippen LogP contribution in [0.5, 0.6) is 0 Å². The van der Waals surface area contributed by atoms with Crippen LogP contribution in [-0.2, 0) is 4.74 Å². The number of azide groups is 1. The van der Waals surface area contributed by atoms with E-state index in [1.165, 1.54) is 12.8 Å². The van der Waals surface area contributed by atoms with E-state index in [0.29, 0.717) is 24.9 Å². The molecule has 0 radical (unpaired) electrons. The molecule has 0 aromatic heterocycles. The average Bonchev–Trinajstić information content (AvgIpc) is 3.04. The lowest BCUT2D eigenvalue weighted by molar-refractivity contribution is 0.0283. The summed E-state index contributed by atoms with van der Waals surface area (Å²) in [5, 5.41) is 3.68. The third kappa shape index (κ3) is 3.77. The summed E-state index contributed by atoms with van der Waals surface area (Å²) in [7, 11) is 0. The maximum atomic E-state index is 12.1. The highest BCUT2D eigenvalue weighted by Gasteiger charge is 2.44. The topological polar surface area (TPSA) is 78.3 Å². The van der Waals surface area contributed by atoms with Gasteiger partial charge in [-0.1, -0.05) is 5.11 Å². The summed E-state index contributed by atoms with van der Waals surface area (Å²) < 4.78 is 5.41. The summed E-state index contributed by atoms with van der Waals surface area (Å²) in [5.74, 6) is 1.46. The van der Waals surface area contributed by atoms with Crippen molar-refractivity contribution in [3.63, 3.8) is 0 Å². The van der Waals surface area contributed by atoms with E-state index in [9.17, 15) is 4.79 Å². The fourth-order valence-electron chi connectivity index (χ4n) is 2.76. The van der Waals surface area contributed by atoms with E-state index in [4.69, 9.17) is 10.3 Å². The van der Waals surface area contributed by atoms with E-state index in [-0.39, 0.29) is 12.0 Å². The summed E-state index contributed by atoms with van der Waals surface area (Å²) in [6.07, 6.45) is 2.22. The molecule has 2 unspecified atom stereocenters. The molecule has 1 aliphatic heterocycles. The van der Waals surface area contributed by atoms with Gasteiger partial charge < -0.3 is 9.64 Å². The van der Waals surface area contributed by atoms with Crippen molar-refractivity contribution in [2.45, 2.75) is 39.2 Å². The lowest BCUT2D eigenvalue weighted by Gasteiger charge is -2.24. The van der Waals surface area contributed by atoms with Crippen LogP contribution in [0.25, 0.3) is 10.4 Å². The molecular weight excluding hydrogens is 244 g/mol. The van der Waals surface area contributed by atoms with Gasteiger partial charge in [0.25, 0.3) is 0 Å². The van der Waals surface area contributed by atoms with Gasteiger partial charge in [-0.15, -0.1) is 0 Å². The molecule has 6 nitrogen and oxygen atoms in total. The van der Waals surface area contributed by atoms with E-state index >= 15 is 0 Å². The summed E-state index contributed by atoms with van der Waals surface area (Å²) in [6, 6.07) is 0. The van der Waals surface area contributed by atoms with Crippen LogP contribution in [0.1, 0.15) is 33.6 Å². The zero-order chi connectivity index (χ0) is 14.0. The summed E-state index contributed by atoms with van der Waals surface area (Å²) in [5.41, 5.74) is 7.98. The Bertz CT molecular complexity index is 394. The van der Waals surface area contributed by atoms with Crippen molar-refractivity contribution < 1.29 is 9.53 Å². The predicted molar refractivity (Wildman–Crippen MR) is 71.5 cm³/mol. The van der Waals surface area contributed by atoms with Gasteiger partial charge in [-0.3, -0.25) is 0 Å². The Kier molecular flexibility index (Phi) is 3.90. The van der Waals surface area contributed by atoms with Gasteiger partial charge in [0.1, 0.15) is 5.60 Å². The zero-order valence-corrected chi connectivity index (χ0v) is 11.9. The Hall–Kier alpha value is -1.42. The molecular formula is C13H22N4O2. The molecule has 19 heavy (non-hydrogen) atoms. The average molecular weight is 266 g/mol. The highest BCUT2D eigenvalue weighted by molar-refractivity contribution is 5.68. The summed E-state index contributed by atoms with van der Waals surface area (Å²) in [4.78, 5) is 16.7. The number of carbonyl (C=O) groups excluding carboxylic acids is 1. The molecule has 6 heteroatoms. The molecule has 1 saturated carbocycles. The van der Waals surface area contributed by atoms with E-state index in [1.54, 1.807) is 4.90 Å². The molecule has 0 aromatic rings. The first-order valence-corrected chi connectivity index (χ1v) is 6.89.